The Bertz CT molecular complexity index is 547. The highest BCUT2D eigenvalue weighted by Crippen LogP contribution is 2.19. The summed E-state index contributed by atoms with van der Waals surface area (Å²) in [5, 5.41) is 30.0. The number of carbonyl (C=O) groups is 1. The summed E-state index contributed by atoms with van der Waals surface area (Å²) in [6.45, 7) is 4.77. The number of carbonyl (C=O) groups excluding carboxylic acids is 1. The second kappa shape index (κ2) is 7.03. The zero-order chi connectivity index (χ0) is 15.6. The van der Waals surface area contributed by atoms with Crippen LogP contribution in [0.5, 0.6) is 0 Å². The third-order valence-electron chi connectivity index (χ3n) is 3.74. The molecule has 2 unspecified atom stereocenters. The number of nitrogens with one attached hydrogen (secondary N) is 2. The van der Waals surface area contributed by atoms with Crippen molar-refractivity contribution in [1.82, 2.24) is 20.4 Å². The molecule has 0 aromatic carbocycles. The Hall–Kier alpha value is -1.71. The zero-order valence-corrected chi connectivity index (χ0v) is 13.2. The summed E-state index contributed by atoms with van der Waals surface area (Å²) in [4.78, 5) is 22.4. The van der Waals surface area contributed by atoms with Crippen LogP contribution in [0.1, 0.15) is 13.8 Å². The van der Waals surface area contributed by atoms with Crippen molar-refractivity contribution < 1.29 is 14.8 Å². The molecule has 124 valence electrons. The molecule has 1 aromatic heterocycles. The number of nitrogens with zero attached hydrogens (tertiary/aromatic N) is 3. The summed E-state index contributed by atoms with van der Waals surface area (Å²) in [6.07, 6.45) is 1.87. The topological polar surface area (TPSA) is 122 Å². The van der Waals surface area contributed by atoms with Crippen LogP contribution in [0.2, 0.25) is 0 Å². The van der Waals surface area contributed by atoms with Crippen LogP contribution >= 0.6 is 12.4 Å². The third-order valence-corrected chi connectivity index (χ3v) is 3.74. The summed E-state index contributed by atoms with van der Waals surface area (Å²) in [5.74, 6) is -0.337. The van der Waals surface area contributed by atoms with Crippen LogP contribution in [0.15, 0.2) is 12.4 Å². The van der Waals surface area contributed by atoms with Crippen LogP contribution < -0.4 is 10.6 Å². The van der Waals surface area contributed by atoms with Gasteiger partial charge in [-0.3, -0.25) is 19.6 Å². The maximum Gasteiger partial charge on any atom is 0.307 e. The molecule has 10 heteroatoms. The van der Waals surface area contributed by atoms with E-state index in [1.54, 1.807) is 13.8 Å². The lowest BCUT2D eigenvalue weighted by Crippen LogP contribution is -2.47. The molecule has 3 N–H and O–H groups in total. The first-order valence-electron chi connectivity index (χ1n) is 6.69. The summed E-state index contributed by atoms with van der Waals surface area (Å²) in [6, 6.07) is 0. The molecular formula is C12H20ClN5O4. The number of halogens is 1. The SMILES string of the molecule is CC(C)(C(=O)NCC1CNCC1O)n1cc([N+](=O)[O-])cn1.Cl. The Labute approximate surface area is 133 Å². The van der Waals surface area contributed by atoms with Crippen molar-refractivity contribution in [3.63, 3.8) is 0 Å². The fourth-order valence-electron chi connectivity index (χ4n) is 2.18. The molecular weight excluding hydrogens is 314 g/mol. The van der Waals surface area contributed by atoms with Gasteiger partial charge in [0.1, 0.15) is 17.9 Å². The highest BCUT2D eigenvalue weighted by molar-refractivity contribution is 5.85. The monoisotopic (exact) mass is 333 g/mol. The van der Waals surface area contributed by atoms with Gasteiger partial charge in [0, 0.05) is 25.6 Å². The maximum absolute atomic E-state index is 12.3. The lowest BCUT2D eigenvalue weighted by atomic mass is 10.0. The lowest BCUT2D eigenvalue weighted by Gasteiger charge is -2.25. The average molecular weight is 334 g/mol. The van der Waals surface area contributed by atoms with Gasteiger partial charge in [0.25, 0.3) is 0 Å². The van der Waals surface area contributed by atoms with E-state index < -0.39 is 16.6 Å². The predicted molar refractivity (Wildman–Crippen MR) is 80.8 cm³/mol. The number of rotatable bonds is 5. The van der Waals surface area contributed by atoms with Crippen molar-refractivity contribution in [2.24, 2.45) is 5.92 Å². The van der Waals surface area contributed by atoms with E-state index in [1.807, 2.05) is 0 Å². The first kappa shape index (κ1) is 18.3. The highest BCUT2D eigenvalue weighted by atomic mass is 35.5. The van der Waals surface area contributed by atoms with Crippen molar-refractivity contribution in [3.05, 3.63) is 22.5 Å². The fourth-order valence-corrected chi connectivity index (χ4v) is 2.18. The highest BCUT2D eigenvalue weighted by Gasteiger charge is 2.33. The van der Waals surface area contributed by atoms with E-state index >= 15 is 0 Å². The van der Waals surface area contributed by atoms with Crippen LogP contribution in [0.25, 0.3) is 0 Å². The molecule has 1 fully saturated rings. The Morgan fingerprint density at radius 3 is 2.82 bits per heavy atom. The molecule has 2 atom stereocenters. The number of aliphatic hydroxyl groups is 1. The number of amides is 1. The Kier molecular flexibility index (Phi) is 5.86. The van der Waals surface area contributed by atoms with Gasteiger partial charge < -0.3 is 15.7 Å². The number of hydrogen-bond acceptors (Lipinski definition) is 6. The normalized spacial score (nSPS) is 21.2. The minimum Gasteiger partial charge on any atom is -0.391 e. The largest absolute Gasteiger partial charge is 0.391 e. The lowest BCUT2D eigenvalue weighted by molar-refractivity contribution is -0.385. The summed E-state index contributed by atoms with van der Waals surface area (Å²) in [7, 11) is 0. The van der Waals surface area contributed by atoms with Crippen molar-refractivity contribution in [2.75, 3.05) is 19.6 Å². The summed E-state index contributed by atoms with van der Waals surface area (Å²) in [5.41, 5.74) is -1.21. The first-order chi connectivity index (χ1) is 9.82. The summed E-state index contributed by atoms with van der Waals surface area (Å²) < 4.78 is 1.27. The fraction of sp³-hybridized carbons (Fsp3) is 0.667. The number of nitro groups is 1. The van der Waals surface area contributed by atoms with Crippen LogP contribution in [0, 0.1) is 16.0 Å². The van der Waals surface area contributed by atoms with Gasteiger partial charge in [0.05, 0.1) is 11.0 Å². The molecule has 1 saturated heterocycles. The van der Waals surface area contributed by atoms with Gasteiger partial charge >= 0.3 is 5.69 Å². The molecule has 0 spiro atoms. The molecule has 22 heavy (non-hydrogen) atoms. The molecule has 0 aliphatic carbocycles. The van der Waals surface area contributed by atoms with Gasteiger partial charge in [-0.25, -0.2) is 0 Å². The van der Waals surface area contributed by atoms with Crippen molar-refractivity contribution in [1.29, 1.82) is 0 Å². The quantitative estimate of drug-likeness (QED) is 0.500. The molecule has 1 aromatic rings. The predicted octanol–water partition coefficient (Wildman–Crippen LogP) is -0.355. The number of β-amino-alcohol motifs (C(OH)–C–C–N with tert-alkyl or cyclic N) is 1. The van der Waals surface area contributed by atoms with Gasteiger partial charge in [-0.2, -0.15) is 5.10 Å². The average Bonchev–Trinajstić information content (AvgIpc) is 3.05. The second-order valence-corrected chi connectivity index (χ2v) is 5.65. The smallest absolute Gasteiger partial charge is 0.307 e. The number of aliphatic hydroxyl groups excluding tert-OH is 1. The molecule has 1 aliphatic rings. The van der Waals surface area contributed by atoms with Gasteiger partial charge in [-0.05, 0) is 13.8 Å². The zero-order valence-electron chi connectivity index (χ0n) is 12.4. The molecule has 1 aliphatic heterocycles. The molecule has 0 bridgehead atoms. The maximum atomic E-state index is 12.3. The van der Waals surface area contributed by atoms with E-state index in [9.17, 15) is 20.0 Å². The molecule has 0 radical (unpaired) electrons. The van der Waals surface area contributed by atoms with Crippen molar-refractivity contribution in [3.8, 4) is 0 Å². The van der Waals surface area contributed by atoms with Crippen molar-refractivity contribution in [2.45, 2.75) is 25.5 Å². The van der Waals surface area contributed by atoms with E-state index in [1.165, 1.54) is 10.9 Å². The number of aromatic nitrogens is 2. The van der Waals surface area contributed by atoms with E-state index in [4.69, 9.17) is 0 Å². The van der Waals surface area contributed by atoms with E-state index in [0.29, 0.717) is 19.6 Å². The van der Waals surface area contributed by atoms with E-state index in [2.05, 4.69) is 15.7 Å². The minimum absolute atomic E-state index is 0. The molecule has 0 saturated carbocycles. The molecule has 1 amide bonds. The van der Waals surface area contributed by atoms with Crippen LogP contribution in [0.4, 0.5) is 5.69 Å². The minimum atomic E-state index is -1.05. The van der Waals surface area contributed by atoms with Gasteiger partial charge in [0.15, 0.2) is 0 Å². The van der Waals surface area contributed by atoms with E-state index in [-0.39, 0.29) is 29.9 Å². The standard InChI is InChI=1S/C12H19N5O4.ClH/c1-12(2,16-7-9(5-15-16)17(20)21)11(19)14-4-8-3-13-6-10(8)18;/h5,7-8,10,13,18H,3-4,6H2,1-2H3,(H,14,19);1H. The van der Waals surface area contributed by atoms with Gasteiger partial charge in [0.2, 0.25) is 5.91 Å². The van der Waals surface area contributed by atoms with Crippen molar-refractivity contribution >= 4 is 24.0 Å². The Balaban J connectivity index is 0.00000242. The molecule has 2 rings (SSSR count). The molecule has 9 nitrogen and oxygen atoms in total. The van der Waals surface area contributed by atoms with Crippen LogP contribution in [-0.2, 0) is 10.3 Å². The Morgan fingerprint density at radius 2 is 2.32 bits per heavy atom. The summed E-state index contributed by atoms with van der Waals surface area (Å²) >= 11 is 0. The first-order valence-corrected chi connectivity index (χ1v) is 6.69. The number of hydrogen-bond donors (Lipinski definition) is 3. The molecule has 2 heterocycles. The second-order valence-electron chi connectivity index (χ2n) is 5.65. The Morgan fingerprint density at radius 1 is 1.64 bits per heavy atom. The van der Waals surface area contributed by atoms with Gasteiger partial charge in [-0.15, -0.1) is 12.4 Å². The van der Waals surface area contributed by atoms with Gasteiger partial charge in [-0.1, -0.05) is 0 Å². The van der Waals surface area contributed by atoms with Crippen LogP contribution in [0.3, 0.4) is 0 Å². The third kappa shape index (κ3) is 3.73. The van der Waals surface area contributed by atoms with Crippen LogP contribution in [-0.4, -0.2) is 51.5 Å². The van der Waals surface area contributed by atoms with E-state index in [0.717, 1.165) is 6.20 Å².